The zero-order valence-corrected chi connectivity index (χ0v) is 10.1. The number of ether oxygens (including phenoxy) is 1. The number of rotatable bonds is 3. The first-order valence-electron chi connectivity index (χ1n) is 3.80. The molecule has 1 aromatic carbocycles. The van der Waals surface area contributed by atoms with Gasteiger partial charge in [-0.15, -0.1) is 0 Å². The number of methoxy groups -OCH3 is 1. The standard InChI is InChI=1S/C8H8BrNO4S/c1-14-8(11)5-2-3-6(9)7(4-5)10-15(12)13/h2-4,10H,1H3,(H,12,13). The van der Waals surface area contributed by atoms with E-state index in [2.05, 4.69) is 25.4 Å². The molecule has 0 aliphatic heterocycles. The first kappa shape index (κ1) is 12.2. The molecule has 0 fully saturated rings. The number of hydrogen-bond donors (Lipinski definition) is 2. The Morgan fingerprint density at radius 1 is 1.60 bits per heavy atom. The van der Waals surface area contributed by atoms with Crippen molar-refractivity contribution in [3.05, 3.63) is 28.2 Å². The normalized spacial score (nSPS) is 11.9. The van der Waals surface area contributed by atoms with Gasteiger partial charge >= 0.3 is 5.97 Å². The van der Waals surface area contributed by atoms with E-state index in [0.717, 1.165) is 0 Å². The van der Waals surface area contributed by atoms with Crippen LogP contribution in [0.2, 0.25) is 0 Å². The highest BCUT2D eigenvalue weighted by Gasteiger charge is 2.09. The second kappa shape index (κ2) is 5.24. The van der Waals surface area contributed by atoms with Crippen molar-refractivity contribution < 1.29 is 18.3 Å². The van der Waals surface area contributed by atoms with Crippen molar-refractivity contribution in [2.45, 2.75) is 0 Å². The SMILES string of the molecule is COC(=O)c1ccc(Br)c(NS(=O)O)c1. The van der Waals surface area contributed by atoms with Crippen LogP contribution in [0.15, 0.2) is 22.7 Å². The lowest BCUT2D eigenvalue weighted by Crippen LogP contribution is -2.06. The van der Waals surface area contributed by atoms with Crippen LogP contribution in [0, 0.1) is 0 Å². The van der Waals surface area contributed by atoms with Gasteiger partial charge in [-0.05, 0) is 34.1 Å². The van der Waals surface area contributed by atoms with Gasteiger partial charge in [0.05, 0.1) is 18.4 Å². The number of carbonyl (C=O) groups excluding carboxylic acids is 1. The number of esters is 1. The van der Waals surface area contributed by atoms with E-state index >= 15 is 0 Å². The van der Waals surface area contributed by atoms with Crippen LogP contribution < -0.4 is 4.72 Å². The van der Waals surface area contributed by atoms with Crippen LogP contribution in [0.5, 0.6) is 0 Å². The van der Waals surface area contributed by atoms with Gasteiger partial charge in [-0.25, -0.2) is 9.00 Å². The van der Waals surface area contributed by atoms with Crippen LogP contribution in [-0.2, 0) is 16.0 Å². The van der Waals surface area contributed by atoms with Crippen molar-refractivity contribution in [3.63, 3.8) is 0 Å². The molecule has 2 N–H and O–H groups in total. The second-order valence-corrected chi connectivity index (χ2v) is 4.09. The summed E-state index contributed by atoms with van der Waals surface area (Å²) in [6.07, 6.45) is 0. The number of hydrogen-bond acceptors (Lipinski definition) is 3. The van der Waals surface area contributed by atoms with E-state index in [4.69, 9.17) is 4.55 Å². The third kappa shape index (κ3) is 3.29. The largest absolute Gasteiger partial charge is 0.465 e. The Balaban J connectivity index is 3.05. The molecule has 1 rings (SSSR count). The molecule has 0 aromatic heterocycles. The fraction of sp³-hybridized carbons (Fsp3) is 0.125. The third-order valence-corrected chi connectivity index (χ3v) is 2.67. The molecule has 0 radical (unpaired) electrons. The molecule has 7 heteroatoms. The summed E-state index contributed by atoms with van der Waals surface area (Å²) in [6.45, 7) is 0. The Kier molecular flexibility index (Phi) is 4.25. The van der Waals surface area contributed by atoms with Crippen molar-refractivity contribution in [2.75, 3.05) is 11.8 Å². The molecular formula is C8H8BrNO4S. The average Bonchev–Trinajstić information content (AvgIpc) is 2.19. The summed E-state index contributed by atoms with van der Waals surface area (Å²) >= 11 is 0.987. The smallest absolute Gasteiger partial charge is 0.337 e. The van der Waals surface area contributed by atoms with Gasteiger partial charge < -0.3 is 4.74 Å². The summed E-state index contributed by atoms with van der Waals surface area (Å²) in [6, 6.07) is 4.55. The zero-order valence-electron chi connectivity index (χ0n) is 7.69. The Bertz CT molecular complexity index is 410. The van der Waals surface area contributed by atoms with Crippen molar-refractivity contribution >= 4 is 38.9 Å². The molecule has 1 unspecified atom stereocenters. The molecule has 0 amide bonds. The number of nitrogens with one attached hydrogen (secondary N) is 1. The quantitative estimate of drug-likeness (QED) is 0.658. The number of carbonyl (C=O) groups is 1. The van der Waals surface area contributed by atoms with E-state index in [1.54, 1.807) is 12.1 Å². The van der Waals surface area contributed by atoms with Crippen molar-refractivity contribution in [3.8, 4) is 0 Å². The summed E-state index contributed by atoms with van der Waals surface area (Å²) in [5.74, 6) is -0.505. The molecule has 0 bridgehead atoms. The minimum atomic E-state index is -2.18. The number of benzene rings is 1. The first-order chi connectivity index (χ1) is 7.04. The highest BCUT2D eigenvalue weighted by Crippen LogP contribution is 2.24. The average molecular weight is 294 g/mol. The van der Waals surface area contributed by atoms with Gasteiger partial charge in [-0.2, -0.15) is 0 Å². The van der Waals surface area contributed by atoms with Crippen LogP contribution in [0.3, 0.4) is 0 Å². The fourth-order valence-corrected chi connectivity index (χ4v) is 1.78. The molecule has 0 spiro atoms. The molecule has 0 aliphatic rings. The lowest BCUT2D eigenvalue weighted by molar-refractivity contribution is 0.0601. The third-order valence-electron chi connectivity index (χ3n) is 1.58. The minimum absolute atomic E-state index is 0.300. The Labute approximate surface area is 97.4 Å². The summed E-state index contributed by atoms with van der Waals surface area (Å²) in [5.41, 5.74) is 0.646. The van der Waals surface area contributed by atoms with Gasteiger partial charge in [0.15, 0.2) is 0 Å². The lowest BCUT2D eigenvalue weighted by Gasteiger charge is -2.06. The topological polar surface area (TPSA) is 75.6 Å². The summed E-state index contributed by atoms with van der Waals surface area (Å²) in [4.78, 5) is 11.2. The number of halogens is 1. The molecular weight excluding hydrogens is 286 g/mol. The highest BCUT2D eigenvalue weighted by molar-refractivity contribution is 9.10. The Hall–Kier alpha value is -0.920. The minimum Gasteiger partial charge on any atom is -0.465 e. The lowest BCUT2D eigenvalue weighted by atomic mass is 10.2. The van der Waals surface area contributed by atoms with E-state index in [-0.39, 0.29) is 0 Å². The summed E-state index contributed by atoms with van der Waals surface area (Å²) < 4.78 is 26.5. The van der Waals surface area contributed by atoms with Crippen molar-refractivity contribution in [2.24, 2.45) is 0 Å². The van der Waals surface area contributed by atoms with Gasteiger partial charge in [-0.3, -0.25) is 9.27 Å². The molecule has 0 heterocycles. The molecule has 1 aromatic rings. The van der Waals surface area contributed by atoms with E-state index in [1.807, 2.05) is 0 Å². The fourth-order valence-electron chi connectivity index (χ4n) is 0.942. The molecule has 5 nitrogen and oxygen atoms in total. The predicted molar refractivity (Wildman–Crippen MR) is 59.9 cm³/mol. The van der Waals surface area contributed by atoms with Gasteiger partial charge in [-0.1, -0.05) is 0 Å². The van der Waals surface area contributed by atoms with Crippen molar-refractivity contribution in [1.29, 1.82) is 0 Å². The molecule has 0 aliphatic carbocycles. The van der Waals surface area contributed by atoms with Gasteiger partial charge in [0.25, 0.3) is 11.3 Å². The predicted octanol–water partition coefficient (Wildman–Crippen LogP) is 1.78. The molecule has 1 atom stereocenters. The second-order valence-electron chi connectivity index (χ2n) is 2.54. The highest BCUT2D eigenvalue weighted by atomic mass is 79.9. The maximum atomic E-state index is 11.2. The maximum Gasteiger partial charge on any atom is 0.337 e. The molecule has 15 heavy (non-hydrogen) atoms. The zero-order chi connectivity index (χ0) is 11.4. The van der Waals surface area contributed by atoms with Gasteiger partial charge in [0.1, 0.15) is 0 Å². The Morgan fingerprint density at radius 3 is 2.80 bits per heavy atom. The molecule has 0 saturated heterocycles. The van der Waals surface area contributed by atoms with Crippen LogP contribution in [0.1, 0.15) is 10.4 Å². The van der Waals surface area contributed by atoms with Crippen LogP contribution in [-0.4, -0.2) is 21.8 Å². The monoisotopic (exact) mass is 293 g/mol. The van der Waals surface area contributed by atoms with Crippen molar-refractivity contribution in [1.82, 2.24) is 0 Å². The van der Waals surface area contributed by atoms with E-state index in [0.29, 0.717) is 15.7 Å². The van der Waals surface area contributed by atoms with Crippen LogP contribution in [0.4, 0.5) is 5.69 Å². The van der Waals surface area contributed by atoms with E-state index < -0.39 is 17.2 Å². The Morgan fingerprint density at radius 2 is 2.27 bits per heavy atom. The van der Waals surface area contributed by atoms with E-state index in [9.17, 15) is 9.00 Å². The van der Waals surface area contributed by atoms with E-state index in [1.165, 1.54) is 13.2 Å². The summed E-state index contributed by atoms with van der Waals surface area (Å²) in [5, 5.41) is 0. The van der Waals surface area contributed by atoms with Gasteiger partial charge in [0, 0.05) is 4.47 Å². The van der Waals surface area contributed by atoms with Gasteiger partial charge in [0.2, 0.25) is 0 Å². The number of anilines is 1. The van der Waals surface area contributed by atoms with Crippen LogP contribution >= 0.6 is 15.9 Å². The van der Waals surface area contributed by atoms with Crippen LogP contribution in [0.25, 0.3) is 0 Å². The first-order valence-corrected chi connectivity index (χ1v) is 5.70. The maximum absolute atomic E-state index is 11.2. The summed E-state index contributed by atoms with van der Waals surface area (Å²) in [7, 11) is 1.27. The molecule has 0 saturated carbocycles. The molecule has 82 valence electrons.